The third-order valence-electron chi connectivity index (χ3n) is 6.24. The zero-order chi connectivity index (χ0) is 19.7. The Labute approximate surface area is 167 Å². The van der Waals surface area contributed by atoms with Gasteiger partial charge < -0.3 is 14.6 Å². The molecule has 29 heavy (non-hydrogen) atoms. The number of amides is 2. The minimum Gasteiger partial charge on any atom is -0.396 e. The second kappa shape index (κ2) is 5.81. The molecule has 0 fully saturated rings. The number of aromatic nitrogens is 1. The molecule has 3 aliphatic rings. The number of carbonyl (C=O) groups excluding carboxylic acids is 2. The van der Waals surface area contributed by atoms with E-state index in [2.05, 4.69) is 16.0 Å². The van der Waals surface area contributed by atoms with Crippen molar-refractivity contribution in [1.82, 2.24) is 9.88 Å². The van der Waals surface area contributed by atoms with Gasteiger partial charge in [-0.2, -0.15) is 0 Å². The van der Waals surface area contributed by atoms with Gasteiger partial charge in [0.2, 0.25) is 0 Å². The summed E-state index contributed by atoms with van der Waals surface area (Å²) >= 11 is 0. The van der Waals surface area contributed by atoms with Crippen LogP contribution in [0.5, 0.6) is 0 Å². The van der Waals surface area contributed by atoms with Crippen LogP contribution in [0, 0.1) is 0 Å². The number of carbonyl (C=O) groups is 2. The number of aryl methyl sites for hydroxylation is 1. The molecule has 1 unspecified atom stereocenters. The summed E-state index contributed by atoms with van der Waals surface area (Å²) in [7, 11) is 0. The molecule has 1 aromatic heterocycles. The first-order chi connectivity index (χ1) is 14.2. The molecule has 2 amide bonds. The first-order valence-corrected chi connectivity index (χ1v) is 9.90. The van der Waals surface area contributed by atoms with Crippen molar-refractivity contribution in [3.05, 3.63) is 71.0 Å². The number of hydrogen-bond donors (Lipinski definition) is 2. The van der Waals surface area contributed by atoms with E-state index in [0.29, 0.717) is 24.2 Å². The van der Waals surface area contributed by atoms with Crippen molar-refractivity contribution in [3.63, 3.8) is 0 Å². The maximum atomic E-state index is 12.9. The summed E-state index contributed by atoms with van der Waals surface area (Å²) in [4.78, 5) is 27.8. The van der Waals surface area contributed by atoms with Gasteiger partial charge in [-0.25, -0.2) is 0 Å². The molecule has 0 bridgehead atoms. The van der Waals surface area contributed by atoms with E-state index < -0.39 is 0 Å². The average molecular weight is 385 g/mol. The molecule has 6 heteroatoms. The van der Waals surface area contributed by atoms with E-state index in [9.17, 15) is 14.7 Å². The van der Waals surface area contributed by atoms with E-state index in [0.717, 1.165) is 34.3 Å². The zero-order valence-corrected chi connectivity index (χ0v) is 15.7. The van der Waals surface area contributed by atoms with Crippen molar-refractivity contribution >= 4 is 34.0 Å². The number of para-hydroxylation sites is 2. The van der Waals surface area contributed by atoms with Crippen molar-refractivity contribution in [1.29, 1.82) is 0 Å². The molecule has 0 spiro atoms. The number of aliphatic hydroxyl groups is 1. The molecule has 0 radical (unpaired) electrons. The Bertz CT molecular complexity index is 1250. The van der Waals surface area contributed by atoms with Crippen LogP contribution in [0.2, 0.25) is 0 Å². The second-order valence-electron chi connectivity index (χ2n) is 7.73. The van der Waals surface area contributed by atoms with Crippen LogP contribution < -0.4 is 10.2 Å². The number of fused-ring (bicyclic) bond motifs is 9. The highest BCUT2D eigenvalue weighted by Crippen LogP contribution is 2.52. The fourth-order valence-corrected chi connectivity index (χ4v) is 5.19. The van der Waals surface area contributed by atoms with Crippen molar-refractivity contribution in [2.45, 2.75) is 25.4 Å². The molecule has 2 N–H and O–H groups in total. The van der Waals surface area contributed by atoms with Crippen LogP contribution in [0.15, 0.2) is 54.2 Å². The lowest BCUT2D eigenvalue weighted by atomic mass is 9.92. The fraction of sp³-hybridized carbons (Fsp3) is 0.217. The molecule has 0 saturated heterocycles. The van der Waals surface area contributed by atoms with Gasteiger partial charge in [0.25, 0.3) is 11.8 Å². The second-order valence-corrected chi connectivity index (χ2v) is 7.73. The number of anilines is 1. The van der Waals surface area contributed by atoms with E-state index >= 15 is 0 Å². The first-order valence-electron chi connectivity index (χ1n) is 9.90. The van der Waals surface area contributed by atoms with E-state index in [1.54, 1.807) is 0 Å². The summed E-state index contributed by atoms with van der Waals surface area (Å²) in [5, 5.41) is 13.0. The molecule has 4 heterocycles. The summed E-state index contributed by atoms with van der Waals surface area (Å²) in [5.74, 6) is -0.663. The minimum atomic E-state index is -0.334. The van der Waals surface area contributed by atoms with Gasteiger partial charge in [-0.15, -0.1) is 0 Å². The number of nitrogens with one attached hydrogen (secondary N) is 1. The van der Waals surface area contributed by atoms with Gasteiger partial charge in [-0.1, -0.05) is 36.4 Å². The summed E-state index contributed by atoms with van der Waals surface area (Å²) in [6.07, 6.45) is 1.40. The highest BCUT2D eigenvalue weighted by molar-refractivity contribution is 6.39. The van der Waals surface area contributed by atoms with Crippen molar-refractivity contribution < 1.29 is 14.7 Å². The van der Waals surface area contributed by atoms with Crippen LogP contribution in [-0.2, 0) is 22.6 Å². The Morgan fingerprint density at radius 2 is 1.83 bits per heavy atom. The van der Waals surface area contributed by atoms with Gasteiger partial charge in [0.15, 0.2) is 0 Å². The summed E-state index contributed by atoms with van der Waals surface area (Å²) in [5.41, 5.74) is 6.04. The van der Waals surface area contributed by atoms with Gasteiger partial charge in [0, 0.05) is 41.7 Å². The van der Waals surface area contributed by atoms with Crippen molar-refractivity contribution in [3.8, 4) is 0 Å². The predicted octanol–water partition coefficient (Wildman–Crippen LogP) is 2.51. The van der Waals surface area contributed by atoms with Crippen LogP contribution >= 0.6 is 0 Å². The Balaban J connectivity index is 1.72. The van der Waals surface area contributed by atoms with Crippen LogP contribution in [0.3, 0.4) is 0 Å². The maximum absolute atomic E-state index is 12.9. The van der Waals surface area contributed by atoms with E-state index in [1.807, 2.05) is 47.4 Å². The lowest BCUT2D eigenvalue weighted by Gasteiger charge is -2.33. The van der Waals surface area contributed by atoms with Gasteiger partial charge >= 0.3 is 0 Å². The lowest BCUT2D eigenvalue weighted by molar-refractivity contribution is -0.123. The normalized spacial score (nSPS) is 19.3. The smallest absolute Gasteiger partial charge is 0.275 e. The van der Waals surface area contributed by atoms with Gasteiger partial charge in [0.1, 0.15) is 5.70 Å². The quantitative estimate of drug-likeness (QED) is 0.680. The van der Waals surface area contributed by atoms with Gasteiger partial charge in [-0.3, -0.25) is 14.9 Å². The van der Waals surface area contributed by atoms with Crippen LogP contribution in [0.1, 0.15) is 29.3 Å². The fourth-order valence-electron chi connectivity index (χ4n) is 5.19. The third kappa shape index (κ3) is 2.04. The number of rotatable bonds is 3. The van der Waals surface area contributed by atoms with Crippen LogP contribution in [0.4, 0.5) is 5.69 Å². The number of aliphatic hydroxyl groups excluding tert-OH is 1. The molecule has 3 aliphatic heterocycles. The van der Waals surface area contributed by atoms with Gasteiger partial charge in [-0.05, 0) is 24.1 Å². The molecule has 0 aliphatic carbocycles. The molecule has 2 aromatic carbocycles. The molecule has 6 nitrogen and oxygen atoms in total. The molecule has 0 saturated carbocycles. The molecule has 6 rings (SSSR count). The first kappa shape index (κ1) is 16.6. The van der Waals surface area contributed by atoms with Gasteiger partial charge in [0.05, 0.1) is 17.3 Å². The molecular weight excluding hydrogens is 366 g/mol. The standard InChI is InChI=1S/C23H19N3O3/c27-11-5-10-25-16-9-4-2-7-14(16)18-19-21(23(29)24-22(19)28)26-15-8-3-1-6-13(15)12-17(26)20(18)25/h1-4,6-9,17,27H,5,10-12H2,(H,24,28,29). The Kier molecular flexibility index (Phi) is 3.32. The van der Waals surface area contributed by atoms with E-state index in [1.165, 1.54) is 5.56 Å². The average Bonchev–Trinajstić information content (AvgIpc) is 3.36. The van der Waals surface area contributed by atoms with Crippen LogP contribution in [-0.4, -0.2) is 28.1 Å². The molecule has 3 aromatic rings. The Morgan fingerprint density at radius 3 is 2.69 bits per heavy atom. The Hall–Kier alpha value is -3.38. The zero-order valence-electron chi connectivity index (χ0n) is 15.7. The topological polar surface area (TPSA) is 74.6 Å². The van der Waals surface area contributed by atoms with E-state index in [-0.39, 0.29) is 24.5 Å². The third-order valence-corrected chi connectivity index (χ3v) is 6.24. The number of hydrogen-bond acceptors (Lipinski definition) is 4. The molecule has 1 atom stereocenters. The number of imide groups is 1. The highest BCUT2D eigenvalue weighted by Gasteiger charge is 2.49. The molecule has 144 valence electrons. The predicted molar refractivity (Wildman–Crippen MR) is 109 cm³/mol. The van der Waals surface area contributed by atoms with E-state index in [4.69, 9.17) is 0 Å². The van der Waals surface area contributed by atoms with Crippen molar-refractivity contribution in [2.24, 2.45) is 0 Å². The highest BCUT2D eigenvalue weighted by atomic mass is 16.3. The minimum absolute atomic E-state index is 0.0520. The summed E-state index contributed by atoms with van der Waals surface area (Å²) in [6.45, 7) is 0.758. The summed E-state index contributed by atoms with van der Waals surface area (Å²) in [6, 6.07) is 16.0. The monoisotopic (exact) mass is 385 g/mol. The SMILES string of the molecule is O=C1NC(=O)C2=C1c1c(n(CCCO)c3ccccc13)C1Cc3ccccc3N21. The number of nitrogens with zero attached hydrogens (tertiary/aromatic N) is 2. The lowest BCUT2D eigenvalue weighted by Crippen LogP contribution is -2.34. The maximum Gasteiger partial charge on any atom is 0.275 e. The summed E-state index contributed by atoms with van der Waals surface area (Å²) < 4.78 is 2.23. The van der Waals surface area contributed by atoms with Crippen molar-refractivity contribution in [2.75, 3.05) is 11.5 Å². The van der Waals surface area contributed by atoms with Crippen LogP contribution in [0.25, 0.3) is 16.5 Å². The number of benzene rings is 2. The largest absolute Gasteiger partial charge is 0.396 e. The Morgan fingerprint density at radius 1 is 1.03 bits per heavy atom. The molecular formula is C23H19N3O3.